The van der Waals surface area contributed by atoms with E-state index < -0.39 is 29.1 Å². The van der Waals surface area contributed by atoms with Gasteiger partial charge in [-0.25, -0.2) is 8.78 Å². The van der Waals surface area contributed by atoms with E-state index in [-0.39, 0.29) is 11.8 Å². The third-order valence-corrected chi connectivity index (χ3v) is 4.33. The van der Waals surface area contributed by atoms with Gasteiger partial charge in [0.1, 0.15) is 23.2 Å². The average molecular weight is 338 g/mol. The van der Waals surface area contributed by atoms with Crippen LogP contribution in [0.2, 0.25) is 0 Å². The molecule has 24 heavy (non-hydrogen) atoms. The third-order valence-electron chi connectivity index (χ3n) is 4.33. The van der Waals surface area contributed by atoms with Crippen molar-refractivity contribution < 1.29 is 18.4 Å². The monoisotopic (exact) mass is 338 g/mol. The summed E-state index contributed by atoms with van der Waals surface area (Å²) in [5.41, 5.74) is -0.646. The van der Waals surface area contributed by atoms with Gasteiger partial charge in [0.2, 0.25) is 5.91 Å². The van der Waals surface area contributed by atoms with Gasteiger partial charge in [0, 0.05) is 13.1 Å². The van der Waals surface area contributed by atoms with Crippen LogP contribution in [0.25, 0.3) is 0 Å². The molecule has 2 rings (SSSR count). The van der Waals surface area contributed by atoms with Gasteiger partial charge < -0.3 is 10.2 Å². The van der Waals surface area contributed by atoms with Crippen molar-refractivity contribution in [2.24, 2.45) is 5.92 Å². The van der Waals surface area contributed by atoms with Crippen LogP contribution >= 0.6 is 0 Å². The van der Waals surface area contributed by atoms with Crippen molar-refractivity contribution in [3.05, 3.63) is 35.4 Å². The van der Waals surface area contributed by atoms with Gasteiger partial charge in [-0.3, -0.25) is 9.59 Å². The molecule has 0 radical (unpaired) electrons. The Balaban J connectivity index is 2.16. The number of hydrogen-bond acceptors (Lipinski definition) is 2. The predicted molar refractivity (Wildman–Crippen MR) is 87.5 cm³/mol. The standard InChI is InChI=1S/C18H24F2N2O2/c1-12(2)16(18(24)22-10-5-3-4-6-11-22)21-17(23)15-13(19)8-7-9-14(15)20/h7-9,12,16H,3-6,10-11H2,1-2H3,(H,21,23). The topological polar surface area (TPSA) is 49.4 Å². The number of nitrogens with one attached hydrogen (secondary N) is 1. The van der Waals surface area contributed by atoms with E-state index in [0.717, 1.165) is 37.8 Å². The van der Waals surface area contributed by atoms with Crippen LogP contribution in [0.1, 0.15) is 49.9 Å². The van der Waals surface area contributed by atoms with Crippen molar-refractivity contribution in [3.8, 4) is 0 Å². The Labute approximate surface area is 141 Å². The summed E-state index contributed by atoms with van der Waals surface area (Å²) in [6, 6.07) is 2.46. The second-order valence-corrected chi connectivity index (χ2v) is 6.53. The molecule has 1 aliphatic heterocycles. The molecule has 1 N–H and O–H groups in total. The van der Waals surface area contributed by atoms with Gasteiger partial charge in [0.15, 0.2) is 0 Å². The Morgan fingerprint density at radius 1 is 1.04 bits per heavy atom. The smallest absolute Gasteiger partial charge is 0.257 e. The fourth-order valence-electron chi connectivity index (χ4n) is 2.93. The summed E-state index contributed by atoms with van der Waals surface area (Å²) in [4.78, 5) is 26.8. The fourth-order valence-corrected chi connectivity index (χ4v) is 2.93. The normalized spacial score (nSPS) is 16.6. The van der Waals surface area contributed by atoms with Crippen LogP contribution in [0.5, 0.6) is 0 Å². The lowest BCUT2D eigenvalue weighted by Gasteiger charge is -2.29. The van der Waals surface area contributed by atoms with Crippen LogP contribution in [0.3, 0.4) is 0 Å². The molecule has 4 nitrogen and oxygen atoms in total. The van der Waals surface area contributed by atoms with E-state index in [0.29, 0.717) is 13.1 Å². The molecule has 1 heterocycles. The van der Waals surface area contributed by atoms with Crippen molar-refractivity contribution in [2.45, 2.75) is 45.6 Å². The van der Waals surface area contributed by atoms with E-state index in [1.54, 1.807) is 18.7 Å². The first-order valence-electron chi connectivity index (χ1n) is 8.45. The molecule has 1 saturated heterocycles. The van der Waals surface area contributed by atoms with Gasteiger partial charge in [-0.2, -0.15) is 0 Å². The minimum absolute atomic E-state index is 0.181. The minimum atomic E-state index is -0.933. The van der Waals surface area contributed by atoms with E-state index in [4.69, 9.17) is 0 Å². The molecule has 0 saturated carbocycles. The highest BCUT2D eigenvalue weighted by Crippen LogP contribution is 2.16. The Hall–Kier alpha value is -1.98. The van der Waals surface area contributed by atoms with Gasteiger partial charge in [0.05, 0.1) is 0 Å². The van der Waals surface area contributed by atoms with Crippen molar-refractivity contribution in [1.29, 1.82) is 0 Å². The van der Waals surface area contributed by atoms with Gasteiger partial charge in [-0.05, 0) is 30.9 Å². The summed E-state index contributed by atoms with van der Waals surface area (Å²) < 4.78 is 27.5. The van der Waals surface area contributed by atoms with Gasteiger partial charge in [-0.15, -0.1) is 0 Å². The zero-order valence-electron chi connectivity index (χ0n) is 14.1. The van der Waals surface area contributed by atoms with Gasteiger partial charge in [-0.1, -0.05) is 32.8 Å². The van der Waals surface area contributed by atoms with E-state index >= 15 is 0 Å². The molecule has 1 aliphatic rings. The van der Waals surface area contributed by atoms with E-state index in [2.05, 4.69) is 5.32 Å². The van der Waals surface area contributed by atoms with E-state index in [9.17, 15) is 18.4 Å². The number of amides is 2. The molecule has 2 amide bonds. The van der Waals surface area contributed by atoms with Crippen LogP contribution in [0.4, 0.5) is 8.78 Å². The van der Waals surface area contributed by atoms with Crippen LogP contribution in [-0.4, -0.2) is 35.8 Å². The second kappa shape index (κ2) is 8.22. The number of benzene rings is 1. The summed E-state index contributed by atoms with van der Waals surface area (Å²) >= 11 is 0. The van der Waals surface area contributed by atoms with Crippen LogP contribution < -0.4 is 5.32 Å². The molecule has 1 aromatic carbocycles. The molecule has 0 aliphatic carbocycles. The van der Waals surface area contributed by atoms with Crippen LogP contribution in [0, 0.1) is 17.6 Å². The molecule has 6 heteroatoms. The molecule has 0 bridgehead atoms. The summed E-state index contributed by atoms with van der Waals surface area (Å²) in [5, 5.41) is 2.52. The summed E-state index contributed by atoms with van der Waals surface area (Å²) in [5.74, 6) is -3.13. The maximum Gasteiger partial charge on any atom is 0.257 e. The van der Waals surface area contributed by atoms with E-state index in [1.807, 2.05) is 0 Å². The zero-order chi connectivity index (χ0) is 17.7. The van der Waals surface area contributed by atoms with Crippen LogP contribution in [-0.2, 0) is 4.79 Å². The average Bonchev–Trinajstić information content (AvgIpc) is 2.80. The minimum Gasteiger partial charge on any atom is -0.341 e. The SMILES string of the molecule is CC(C)C(NC(=O)c1c(F)cccc1F)C(=O)N1CCCCCC1. The molecule has 132 valence electrons. The number of likely N-dealkylation sites (tertiary alicyclic amines) is 1. The van der Waals surface area contributed by atoms with Crippen molar-refractivity contribution >= 4 is 11.8 Å². The number of nitrogens with zero attached hydrogens (tertiary/aromatic N) is 1. The zero-order valence-corrected chi connectivity index (χ0v) is 14.1. The fraction of sp³-hybridized carbons (Fsp3) is 0.556. The highest BCUT2D eigenvalue weighted by molar-refractivity contribution is 5.98. The van der Waals surface area contributed by atoms with Gasteiger partial charge in [0.25, 0.3) is 5.91 Å². The molecule has 1 aromatic rings. The lowest BCUT2D eigenvalue weighted by molar-refractivity contribution is -0.134. The molecule has 0 spiro atoms. The molecule has 1 fully saturated rings. The number of rotatable bonds is 4. The number of carbonyl (C=O) groups is 2. The first kappa shape index (κ1) is 18.4. The van der Waals surface area contributed by atoms with Crippen LogP contribution in [0.15, 0.2) is 18.2 Å². The lowest BCUT2D eigenvalue weighted by Crippen LogP contribution is -2.51. The Morgan fingerprint density at radius 3 is 2.08 bits per heavy atom. The third kappa shape index (κ3) is 4.30. The Kier molecular flexibility index (Phi) is 6.29. The van der Waals surface area contributed by atoms with Crippen molar-refractivity contribution in [1.82, 2.24) is 10.2 Å². The Morgan fingerprint density at radius 2 is 1.58 bits per heavy atom. The maximum atomic E-state index is 13.8. The number of hydrogen-bond donors (Lipinski definition) is 1. The van der Waals surface area contributed by atoms with Gasteiger partial charge >= 0.3 is 0 Å². The second-order valence-electron chi connectivity index (χ2n) is 6.53. The highest BCUT2D eigenvalue weighted by atomic mass is 19.1. The summed E-state index contributed by atoms with van der Waals surface area (Å²) in [6.45, 7) is 4.93. The summed E-state index contributed by atoms with van der Waals surface area (Å²) in [7, 11) is 0. The van der Waals surface area contributed by atoms with Crippen molar-refractivity contribution in [3.63, 3.8) is 0 Å². The number of halogens is 2. The number of carbonyl (C=O) groups excluding carboxylic acids is 2. The quantitative estimate of drug-likeness (QED) is 0.917. The predicted octanol–water partition coefficient (Wildman–Crippen LogP) is 3.12. The molecular weight excluding hydrogens is 314 g/mol. The molecule has 1 unspecified atom stereocenters. The largest absolute Gasteiger partial charge is 0.341 e. The summed E-state index contributed by atoms with van der Waals surface area (Å²) in [6.07, 6.45) is 4.05. The highest BCUT2D eigenvalue weighted by Gasteiger charge is 2.30. The van der Waals surface area contributed by atoms with Crippen molar-refractivity contribution in [2.75, 3.05) is 13.1 Å². The maximum absolute atomic E-state index is 13.8. The molecular formula is C18H24F2N2O2. The lowest BCUT2D eigenvalue weighted by atomic mass is 10.0. The first-order valence-corrected chi connectivity index (χ1v) is 8.45. The van der Waals surface area contributed by atoms with E-state index in [1.165, 1.54) is 6.07 Å². The molecule has 0 aromatic heterocycles. The Bertz CT molecular complexity index is 576. The first-order chi connectivity index (χ1) is 11.4. The molecule has 1 atom stereocenters.